The third-order valence-electron chi connectivity index (χ3n) is 3.79. The van der Waals surface area contributed by atoms with Gasteiger partial charge < -0.3 is 5.11 Å². The number of hydrogen-bond donors (Lipinski definition) is 1. The van der Waals surface area contributed by atoms with Crippen molar-refractivity contribution in [2.75, 3.05) is 0 Å². The van der Waals surface area contributed by atoms with Gasteiger partial charge in [-0.15, -0.1) is 10.2 Å². The molecule has 6 nitrogen and oxygen atoms in total. The molecule has 0 amide bonds. The lowest BCUT2D eigenvalue weighted by Gasteiger charge is -2.02. The highest BCUT2D eigenvalue weighted by molar-refractivity contribution is 5.91. The number of carboxylic acids is 1. The van der Waals surface area contributed by atoms with Gasteiger partial charge in [-0.05, 0) is 55.7 Å². The average molecular weight is 308 g/mol. The minimum absolute atomic E-state index is 0.107. The van der Waals surface area contributed by atoms with Gasteiger partial charge in [-0.1, -0.05) is 12.1 Å². The number of carboxylic acid groups (broad SMARTS) is 1. The molecule has 0 bridgehead atoms. The largest absolute Gasteiger partial charge is 0.476 e. The molecule has 116 valence electrons. The summed E-state index contributed by atoms with van der Waals surface area (Å²) in [5.41, 5.74) is 4.26. The standard InChI is InChI=1S/C17H16N4O2/c1-10-7-8-21-14(9-10)18-15(17(22)23)16(21)20-19-13-6-4-5-11(2)12(13)3/h4-9H,1-3H3,(H,22,23). The molecule has 2 heterocycles. The summed E-state index contributed by atoms with van der Waals surface area (Å²) in [5, 5.41) is 17.7. The zero-order valence-electron chi connectivity index (χ0n) is 13.1. The van der Waals surface area contributed by atoms with Crippen molar-refractivity contribution < 1.29 is 9.90 Å². The molecule has 0 saturated carbocycles. The highest BCUT2D eigenvalue weighted by Crippen LogP contribution is 2.27. The Labute approximate surface area is 133 Å². The SMILES string of the molecule is Cc1ccn2c(N=Nc3cccc(C)c3C)c(C(=O)O)nc2c1. The molecule has 0 saturated heterocycles. The highest BCUT2D eigenvalue weighted by atomic mass is 16.4. The molecule has 0 fully saturated rings. The second kappa shape index (κ2) is 5.64. The van der Waals surface area contributed by atoms with E-state index >= 15 is 0 Å². The predicted molar refractivity (Wildman–Crippen MR) is 87.0 cm³/mol. The molecule has 2 aromatic heterocycles. The summed E-state index contributed by atoms with van der Waals surface area (Å²) in [4.78, 5) is 15.6. The van der Waals surface area contributed by atoms with Gasteiger partial charge in [0.15, 0.2) is 11.5 Å². The number of imidazole rings is 1. The number of nitrogens with zero attached hydrogens (tertiary/aromatic N) is 4. The van der Waals surface area contributed by atoms with Crippen molar-refractivity contribution in [2.45, 2.75) is 20.8 Å². The van der Waals surface area contributed by atoms with Crippen molar-refractivity contribution in [1.82, 2.24) is 9.38 Å². The van der Waals surface area contributed by atoms with E-state index in [0.717, 1.165) is 16.7 Å². The summed E-state index contributed by atoms with van der Waals surface area (Å²) in [6.45, 7) is 5.88. The number of aryl methyl sites for hydroxylation is 2. The summed E-state index contributed by atoms with van der Waals surface area (Å²) in [7, 11) is 0. The van der Waals surface area contributed by atoms with E-state index in [9.17, 15) is 9.90 Å². The third-order valence-corrected chi connectivity index (χ3v) is 3.79. The second-order valence-electron chi connectivity index (χ2n) is 5.44. The molecule has 0 spiro atoms. The number of pyridine rings is 1. The molecule has 0 radical (unpaired) electrons. The van der Waals surface area contributed by atoms with Crippen molar-refractivity contribution >= 4 is 23.1 Å². The topological polar surface area (TPSA) is 79.3 Å². The van der Waals surface area contributed by atoms with E-state index in [1.807, 2.05) is 51.1 Å². The quantitative estimate of drug-likeness (QED) is 0.729. The Morgan fingerprint density at radius 2 is 1.96 bits per heavy atom. The number of aromatic nitrogens is 2. The molecule has 0 atom stereocenters. The zero-order valence-corrected chi connectivity index (χ0v) is 13.1. The molecule has 0 aliphatic heterocycles. The maximum absolute atomic E-state index is 11.4. The first-order chi connectivity index (χ1) is 11.0. The number of fused-ring (bicyclic) bond motifs is 1. The van der Waals surface area contributed by atoms with Gasteiger partial charge in [0.05, 0.1) is 5.69 Å². The van der Waals surface area contributed by atoms with E-state index in [4.69, 9.17) is 0 Å². The molecule has 1 aromatic carbocycles. The van der Waals surface area contributed by atoms with E-state index in [1.165, 1.54) is 0 Å². The van der Waals surface area contributed by atoms with Crippen LogP contribution in [0.5, 0.6) is 0 Å². The van der Waals surface area contributed by atoms with E-state index in [0.29, 0.717) is 11.3 Å². The van der Waals surface area contributed by atoms with Crippen LogP contribution in [-0.4, -0.2) is 20.5 Å². The first-order valence-electron chi connectivity index (χ1n) is 7.17. The first kappa shape index (κ1) is 14.9. The van der Waals surface area contributed by atoms with Crippen LogP contribution in [0.2, 0.25) is 0 Å². The lowest BCUT2D eigenvalue weighted by Crippen LogP contribution is -1.96. The monoisotopic (exact) mass is 308 g/mol. The molecule has 1 N–H and O–H groups in total. The Bertz CT molecular complexity index is 941. The van der Waals surface area contributed by atoms with Gasteiger partial charge in [0.2, 0.25) is 0 Å². The smallest absolute Gasteiger partial charge is 0.358 e. The van der Waals surface area contributed by atoms with Crippen LogP contribution >= 0.6 is 0 Å². The summed E-state index contributed by atoms with van der Waals surface area (Å²) in [6.07, 6.45) is 1.75. The molecule has 23 heavy (non-hydrogen) atoms. The summed E-state index contributed by atoms with van der Waals surface area (Å²) in [6, 6.07) is 9.42. The van der Waals surface area contributed by atoms with Gasteiger partial charge in [0.25, 0.3) is 0 Å². The van der Waals surface area contributed by atoms with Crippen molar-refractivity contribution in [3.63, 3.8) is 0 Å². The zero-order chi connectivity index (χ0) is 16.6. The van der Waals surface area contributed by atoms with Crippen LogP contribution in [-0.2, 0) is 0 Å². The lowest BCUT2D eigenvalue weighted by atomic mass is 10.1. The van der Waals surface area contributed by atoms with Gasteiger partial charge in [0.1, 0.15) is 5.65 Å². The fourth-order valence-electron chi connectivity index (χ4n) is 2.32. The Balaban J connectivity index is 2.15. The van der Waals surface area contributed by atoms with Crippen molar-refractivity contribution in [2.24, 2.45) is 10.2 Å². The minimum Gasteiger partial charge on any atom is -0.476 e. The van der Waals surface area contributed by atoms with Crippen LogP contribution in [0.15, 0.2) is 46.8 Å². The minimum atomic E-state index is -1.12. The molecule has 3 rings (SSSR count). The summed E-state index contributed by atoms with van der Waals surface area (Å²) < 4.78 is 1.63. The van der Waals surface area contributed by atoms with Crippen molar-refractivity contribution in [3.8, 4) is 0 Å². The summed E-state index contributed by atoms with van der Waals surface area (Å²) in [5.74, 6) is -0.908. The molecule has 3 aromatic rings. The van der Waals surface area contributed by atoms with E-state index in [2.05, 4.69) is 15.2 Å². The summed E-state index contributed by atoms with van der Waals surface area (Å²) >= 11 is 0. The second-order valence-corrected chi connectivity index (χ2v) is 5.44. The number of rotatable bonds is 3. The highest BCUT2D eigenvalue weighted by Gasteiger charge is 2.18. The molecular formula is C17H16N4O2. The van der Waals surface area contributed by atoms with Gasteiger partial charge >= 0.3 is 5.97 Å². The van der Waals surface area contributed by atoms with E-state index < -0.39 is 5.97 Å². The molecule has 0 aliphatic rings. The first-order valence-corrected chi connectivity index (χ1v) is 7.17. The number of carbonyl (C=O) groups is 1. The number of aromatic carboxylic acids is 1. The lowest BCUT2D eigenvalue weighted by molar-refractivity contribution is 0.0692. The fraction of sp³-hybridized carbons (Fsp3) is 0.176. The van der Waals surface area contributed by atoms with Crippen LogP contribution in [0.25, 0.3) is 5.65 Å². The Morgan fingerprint density at radius 1 is 1.17 bits per heavy atom. The molecule has 0 aliphatic carbocycles. The maximum Gasteiger partial charge on any atom is 0.358 e. The number of azo groups is 1. The van der Waals surface area contributed by atoms with E-state index in [1.54, 1.807) is 10.6 Å². The Morgan fingerprint density at radius 3 is 2.70 bits per heavy atom. The van der Waals surface area contributed by atoms with Crippen LogP contribution in [0, 0.1) is 20.8 Å². The van der Waals surface area contributed by atoms with Crippen LogP contribution in [0.3, 0.4) is 0 Å². The maximum atomic E-state index is 11.4. The fourth-order valence-corrected chi connectivity index (χ4v) is 2.32. The molecular weight excluding hydrogens is 292 g/mol. The van der Waals surface area contributed by atoms with Gasteiger partial charge in [-0.3, -0.25) is 4.40 Å². The van der Waals surface area contributed by atoms with Crippen LogP contribution in [0.4, 0.5) is 11.5 Å². The van der Waals surface area contributed by atoms with Gasteiger partial charge in [-0.25, -0.2) is 9.78 Å². The van der Waals surface area contributed by atoms with Crippen molar-refractivity contribution in [1.29, 1.82) is 0 Å². The normalized spacial score (nSPS) is 11.4. The third kappa shape index (κ3) is 2.70. The Hall–Kier alpha value is -3.02. The molecule has 6 heteroatoms. The van der Waals surface area contributed by atoms with Gasteiger partial charge in [0, 0.05) is 6.20 Å². The van der Waals surface area contributed by atoms with Gasteiger partial charge in [-0.2, -0.15) is 0 Å². The average Bonchev–Trinajstić information content (AvgIpc) is 2.86. The van der Waals surface area contributed by atoms with Crippen molar-refractivity contribution in [3.05, 3.63) is 58.9 Å². The number of benzene rings is 1. The van der Waals surface area contributed by atoms with Crippen LogP contribution < -0.4 is 0 Å². The van der Waals surface area contributed by atoms with E-state index in [-0.39, 0.29) is 11.5 Å². The molecule has 0 unspecified atom stereocenters. The number of hydrogen-bond acceptors (Lipinski definition) is 4. The predicted octanol–water partition coefficient (Wildman–Crippen LogP) is 4.37. The van der Waals surface area contributed by atoms with Crippen LogP contribution in [0.1, 0.15) is 27.2 Å². The Kier molecular flexibility index (Phi) is 3.65.